The zero-order valence-corrected chi connectivity index (χ0v) is 24.3. The molecule has 0 unspecified atom stereocenters. The molecule has 0 saturated heterocycles. The highest BCUT2D eigenvalue weighted by Crippen LogP contribution is 2.30. The van der Waals surface area contributed by atoms with Gasteiger partial charge in [0.25, 0.3) is 0 Å². The first-order valence-electron chi connectivity index (χ1n) is 12.5. The van der Waals surface area contributed by atoms with Gasteiger partial charge in [0.15, 0.2) is 64.0 Å². The lowest BCUT2D eigenvalue weighted by Crippen LogP contribution is -2.81. The highest BCUT2D eigenvalue weighted by molar-refractivity contribution is 7.20. The fourth-order valence-electron chi connectivity index (χ4n) is 5.56. The Morgan fingerprint density at radius 1 is 0.250 bits per heavy atom. The summed E-state index contributed by atoms with van der Waals surface area (Å²) in [5.74, 6) is -64.4. The molecule has 48 heavy (non-hydrogen) atoms. The van der Waals surface area contributed by atoms with Crippen molar-refractivity contribution in [1.82, 2.24) is 0 Å². The van der Waals surface area contributed by atoms with E-state index in [-0.39, 0.29) is 0 Å². The molecule has 0 radical (unpaired) electrons. The van der Waals surface area contributed by atoms with Gasteiger partial charge in [0, 0.05) is 5.19 Å². The van der Waals surface area contributed by atoms with E-state index in [0.29, 0.717) is 0 Å². The molecule has 258 valence electrons. The molecule has 0 spiro atoms. The van der Waals surface area contributed by atoms with Gasteiger partial charge in [-0.1, -0.05) is 19.6 Å². The maximum Gasteiger partial charge on any atom is 0.200 e. The lowest BCUT2D eigenvalue weighted by Gasteiger charge is -2.45. The second-order valence-corrected chi connectivity index (χ2v) is 16.1. The molecule has 0 amide bonds. The number of hydrogen-bond donors (Lipinski definition) is 0. The van der Waals surface area contributed by atoms with Gasteiger partial charge in [-0.15, -0.1) is 21.9 Å². The maximum atomic E-state index is 16.2. The van der Waals surface area contributed by atoms with Crippen molar-refractivity contribution in [2.24, 2.45) is 0 Å². The summed E-state index contributed by atoms with van der Waals surface area (Å²) in [7, 11) is -3.82. The SMILES string of the molecule is C[Si](C)(C)c1c(F)c(F)c([B-](c2c(F)c(F)c(F)c(F)c2F)(c2c(F)c(F)c(F)c(F)c2F)c2c(F)c(F)c(F)c(F)c2F)c(F)c1F. The van der Waals surface area contributed by atoms with Crippen molar-refractivity contribution in [2.45, 2.75) is 19.6 Å². The van der Waals surface area contributed by atoms with Gasteiger partial charge in [0.05, 0.1) is 8.07 Å². The molecule has 4 rings (SSSR count). The van der Waals surface area contributed by atoms with E-state index in [1.807, 2.05) is 0 Å². The summed E-state index contributed by atoms with van der Waals surface area (Å²) in [6, 6.07) is 0. The van der Waals surface area contributed by atoms with Crippen LogP contribution in [0.25, 0.3) is 0 Å². The van der Waals surface area contributed by atoms with Crippen LogP contribution in [0.2, 0.25) is 19.6 Å². The van der Waals surface area contributed by atoms with Gasteiger partial charge in [0.1, 0.15) is 52.7 Å². The van der Waals surface area contributed by atoms with Crippen LogP contribution in [-0.2, 0) is 0 Å². The first-order valence-corrected chi connectivity index (χ1v) is 16.0. The predicted octanol–water partition coefficient (Wildman–Crippen LogP) is 6.25. The van der Waals surface area contributed by atoms with Crippen molar-refractivity contribution < 1.29 is 83.4 Å². The summed E-state index contributed by atoms with van der Waals surface area (Å²) in [6.07, 6.45) is -7.08. The summed E-state index contributed by atoms with van der Waals surface area (Å²) in [6.45, 7) is 2.80. The molecule has 0 nitrogen and oxygen atoms in total. The molecule has 4 aromatic rings. The Morgan fingerprint density at radius 3 is 0.562 bits per heavy atom. The van der Waals surface area contributed by atoms with Crippen LogP contribution in [0.4, 0.5) is 83.4 Å². The second-order valence-electron chi connectivity index (χ2n) is 11.1. The van der Waals surface area contributed by atoms with Crippen LogP contribution in [-0.4, -0.2) is 14.2 Å². The average molecular weight is 733 g/mol. The third-order valence-electron chi connectivity index (χ3n) is 7.51. The van der Waals surface area contributed by atoms with Gasteiger partial charge in [0.2, 0.25) is 0 Å². The molecule has 4 aromatic carbocycles. The number of hydrogen-bond acceptors (Lipinski definition) is 0. The molecular formula is C27H9BF19Si-. The van der Waals surface area contributed by atoms with E-state index < -0.39 is 152 Å². The topological polar surface area (TPSA) is 0 Å². The van der Waals surface area contributed by atoms with Crippen LogP contribution in [0.5, 0.6) is 0 Å². The third-order valence-corrected chi connectivity index (χ3v) is 9.45. The highest BCUT2D eigenvalue weighted by atomic mass is 28.3. The van der Waals surface area contributed by atoms with Gasteiger partial charge in [-0.3, -0.25) is 0 Å². The zero-order chi connectivity index (χ0) is 36.9. The molecule has 0 fully saturated rings. The minimum absolute atomic E-state index is 0.934. The molecule has 0 heterocycles. The Morgan fingerprint density at radius 2 is 0.396 bits per heavy atom. The van der Waals surface area contributed by atoms with Crippen LogP contribution < -0.4 is 27.0 Å². The Bertz CT molecular complexity index is 1790. The highest BCUT2D eigenvalue weighted by Gasteiger charge is 2.52. The van der Waals surface area contributed by atoms with Crippen molar-refractivity contribution in [1.29, 1.82) is 0 Å². The summed E-state index contributed by atoms with van der Waals surface area (Å²) in [5, 5.41) is -1.63. The summed E-state index contributed by atoms with van der Waals surface area (Å²) < 4.78 is 288. The number of rotatable bonds is 5. The van der Waals surface area contributed by atoms with Gasteiger partial charge in [-0.25, -0.2) is 83.4 Å². The zero-order valence-electron chi connectivity index (χ0n) is 23.3. The van der Waals surface area contributed by atoms with Gasteiger partial charge >= 0.3 is 0 Å². The molecule has 0 saturated carbocycles. The monoisotopic (exact) mass is 733 g/mol. The van der Waals surface area contributed by atoms with Gasteiger partial charge in [-0.05, 0) is 0 Å². The number of halogens is 19. The van der Waals surface area contributed by atoms with Crippen LogP contribution >= 0.6 is 0 Å². The van der Waals surface area contributed by atoms with E-state index in [0.717, 1.165) is 19.6 Å². The fraction of sp³-hybridized carbons (Fsp3) is 0.111. The Labute approximate surface area is 255 Å². The van der Waals surface area contributed by atoms with Crippen molar-refractivity contribution in [3.05, 3.63) is 111 Å². The molecule has 0 aromatic heterocycles. The average Bonchev–Trinajstić information content (AvgIpc) is 3.01. The summed E-state index contributed by atoms with van der Waals surface area (Å²) >= 11 is 0. The fourth-order valence-corrected chi connectivity index (χ4v) is 7.10. The minimum Gasteiger partial charge on any atom is -0.207 e. The molecule has 0 bridgehead atoms. The quantitative estimate of drug-likeness (QED) is 0.0986. The van der Waals surface area contributed by atoms with Crippen LogP contribution in [0.15, 0.2) is 0 Å². The summed E-state index contributed by atoms with van der Waals surface area (Å²) in [4.78, 5) is 0. The van der Waals surface area contributed by atoms with Crippen LogP contribution in [0.1, 0.15) is 0 Å². The number of benzene rings is 4. The van der Waals surface area contributed by atoms with Crippen molar-refractivity contribution in [3.8, 4) is 0 Å². The summed E-state index contributed by atoms with van der Waals surface area (Å²) in [5.41, 5.74) is -13.7. The first-order chi connectivity index (χ1) is 21.9. The molecule has 0 aliphatic carbocycles. The van der Waals surface area contributed by atoms with E-state index in [1.54, 1.807) is 0 Å². The Kier molecular flexibility index (Phi) is 8.98. The Hall–Kier alpha value is -4.17. The van der Waals surface area contributed by atoms with Crippen molar-refractivity contribution in [3.63, 3.8) is 0 Å². The van der Waals surface area contributed by atoms with E-state index in [4.69, 9.17) is 0 Å². The molecule has 0 aliphatic rings. The second kappa shape index (κ2) is 11.8. The van der Waals surface area contributed by atoms with Crippen LogP contribution in [0.3, 0.4) is 0 Å². The largest absolute Gasteiger partial charge is 0.207 e. The predicted molar refractivity (Wildman–Crippen MR) is 132 cm³/mol. The van der Waals surface area contributed by atoms with Crippen molar-refractivity contribution >= 4 is 41.3 Å². The molecule has 0 aliphatic heterocycles. The maximum absolute atomic E-state index is 16.2. The van der Waals surface area contributed by atoms with E-state index in [2.05, 4.69) is 0 Å². The van der Waals surface area contributed by atoms with Gasteiger partial charge in [-0.2, -0.15) is 0 Å². The van der Waals surface area contributed by atoms with E-state index >= 15 is 43.9 Å². The smallest absolute Gasteiger partial charge is 0.200 e. The normalized spacial score (nSPS) is 12.4. The third kappa shape index (κ3) is 4.70. The standard InChI is InChI=1S/C27H9BF19Si/c1-48(2,3)27-25(46)14(35)7(15(36)26(27)47)28(4-8(29)16(37)22(43)17(38)9(4)30,5-10(31)18(39)23(44)19(40)11(5)32)6-12(33)20(41)24(45)21(42)13(6)34/h1-3H3/q-1. The minimum atomic E-state index is -7.08. The van der Waals surface area contributed by atoms with E-state index in [9.17, 15) is 39.5 Å². The lowest BCUT2D eigenvalue weighted by molar-refractivity contribution is 0.379. The van der Waals surface area contributed by atoms with Gasteiger partial charge < -0.3 is 0 Å². The van der Waals surface area contributed by atoms with E-state index in [1.165, 1.54) is 0 Å². The molecule has 0 N–H and O–H groups in total. The molecule has 0 atom stereocenters. The Balaban J connectivity index is 2.70. The van der Waals surface area contributed by atoms with Crippen LogP contribution in [0, 0.1) is 111 Å². The van der Waals surface area contributed by atoms with Crippen molar-refractivity contribution in [2.75, 3.05) is 0 Å². The molecular weight excluding hydrogens is 724 g/mol. The lowest BCUT2D eigenvalue weighted by atomic mass is 9.12. The molecule has 21 heteroatoms. The first kappa shape index (κ1) is 36.7.